The van der Waals surface area contributed by atoms with E-state index in [1.54, 1.807) is 0 Å². The molecule has 0 amide bonds. The number of carboxylic acids is 1. The second kappa shape index (κ2) is 5.42. The van der Waals surface area contributed by atoms with E-state index in [9.17, 15) is 4.79 Å². The molecule has 2 aromatic heterocycles. The van der Waals surface area contributed by atoms with Gasteiger partial charge in [0.25, 0.3) is 0 Å². The number of carbonyl (C=O) groups is 1. The van der Waals surface area contributed by atoms with E-state index >= 15 is 0 Å². The van der Waals surface area contributed by atoms with Crippen LogP contribution in [-0.4, -0.2) is 38.4 Å². The van der Waals surface area contributed by atoms with E-state index in [4.69, 9.17) is 16.7 Å². The molecule has 1 saturated heterocycles. The molecule has 0 atom stereocenters. The minimum Gasteiger partial charge on any atom is -0.481 e. The summed E-state index contributed by atoms with van der Waals surface area (Å²) in [5, 5.41) is 9.68. The van der Waals surface area contributed by atoms with Gasteiger partial charge in [0.15, 0.2) is 0 Å². The number of hydrogen-bond donors (Lipinski definition) is 1. The third kappa shape index (κ3) is 2.64. The number of nitrogens with zero attached hydrogens (tertiary/aromatic N) is 3. The van der Waals surface area contributed by atoms with Crippen molar-refractivity contribution in [3.05, 3.63) is 35.2 Å². The van der Waals surface area contributed by atoms with Crippen LogP contribution >= 0.6 is 11.6 Å². The summed E-state index contributed by atoms with van der Waals surface area (Å²) >= 11 is 5.95. The zero-order valence-electron chi connectivity index (χ0n) is 11.0. The topological polar surface area (TPSA) is 57.8 Å². The Labute approximate surface area is 121 Å². The summed E-state index contributed by atoms with van der Waals surface area (Å²) in [6, 6.07) is 3.68. The standard InChI is InChI=1S/C14H16ClN3O2/c15-11-3-6-18-12(8-16-13(18)7-11)9-17-4-1-10(2-5-17)14(19)20/h3,6-8,10H,1-2,4-5,9H2,(H,19,20). The van der Waals surface area contributed by atoms with E-state index in [1.165, 1.54) is 0 Å². The molecule has 20 heavy (non-hydrogen) atoms. The summed E-state index contributed by atoms with van der Waals surface area (Å²) in [5.41, 5.74) is 1.94. The van der Waals surface area contributed by atoms with E-state index in [2.05, 4.69) is 9.88 Å². The van der Waals surface area contributed by atoms with Crippen LogP contribution in [0.5, 0.6) is 0 Å². The second-order valence-electron chi connectivity index (χ2n) is 5.21. The van der Waals surface area contributed by atoms with Gasteiger partial charge < -0.3 is 9.51 Å². The molecule has 0 radical (unpaired) electrons. The lowest BCUT2D eigenvalue weighted by molar-refractivity contribution is -0.143. The molecule has 0 aromatic carbocycles. The number of aromatic nitrogens is 2. The third-order valence-corrected chi connectivity index (χ3v) is 4.11. The molecule has 5 nitrogen and oxygen atoms in total. The highest BCUT2D eigenvalue weighted by molar-refractivity contribution is 6.30. The van der Waals surface area contributed by atoms with Gasteiger partial charge in [0.2, 0.25) is 0 Å². The second-order valence-corrected chi connectivity index (χ2v) is 5.65. The van der Waals surface area contributed by atoms with E-state index < -0.39 is 5.97 Å². The number of piperidine rings is 1. The Bertz CT molecular complexity index is 632. The van der Waals surface area contributed by atoms with Crippen LogP contribution in [0, 0.1) is 5.92 Å². The van der Waals surface area contributed by atoms with Gasteiger partial charge in [-0.2, -0.15) is 0 Å². The maximum Gasteiger partial charge on any atom is 0.306 e. The molecule has 0 aliphatic carbocycles. The number of aliphatic carboxylic acids is 1. The number of halogens is 1. The predicted molar refractivity (Wildman–Crippen MR) is 75.8 cm³/mol. The molecule has 1 fully saturated rings. The molecule has 0 saturated carbocycles. The van der Waals surface area contributed by atoms with Gasteiger partial charge in [-0.1, -0.05) is 11.6 Å². The fourth-order valence-corrected chi connectivity index (χ4v) is 2.85. The average Bonchev–Trinajstić information content (AvgIpc) is 2.81. The molecule has 3 heterocycles. The first-order chi connectivity index (χ1) is 9.63. The normalized spacial score (nSPS) is 17.6. The summed E-state index contributed by atoms with van der Waals surface area (Å²) in [4.78, 5) is 17.6. The number of likely N-dealkylation sites (tertiary alicyclic amines) is 1. The van der Waals surface area contributed by atoms with Crippen molar-refractivity contribution in [3.63, 3.8) is 0 Å². The van der Waals surface area contributed by atoms with Crippen molar-refractivity contribution in [3.8, 4) is 0 Å². The molecular weight excluding hydrogens is 278 g/mol. The highest BCUT2D eigenvalue weighted by atomic mass is 35.5. The van der Waals surface area contributed by atoms with Crippen molar-refractivity contribution < 1.29 is 9.90 Å². The lowest BCUT2D eigenvalue weighted by Crippen LogP contribution is -2.36. The van der Waals surface area contributed by atoms with Gasteiger partial charge in [-0.3, -0.25) is 9.69 Å². The average molecular weight is 294 g/mol. The van der Waals surface area contributed by atoms with Crippen LogP contribution in [0.1, 0.15) is 18.5 Å². The minimum atomic E-state index is -0.672. The molecule has 2 aromatic rings. The third-order valence-electron chi connectivity index (χ3n) is 3.87. The molecule has 0 spiro atoms. The van der Waals surface area contributed by atoms with Gasteiger partial charge in [0, 0.05) is 17.8 Å². The zero-order valence-corrected chi connectivity index (χ0v) is 11.8. The van der Waals surface area contributed by atoms with E-state index in [0.717, 1.165) is 43.8 Å². The number of carboxylic acid groups (broad SMARTS) is 1. The lowest BCUT2D eigenvalue weighted by atomic mass is 9.97. The molecule has 6 heteroatoms. The molecule has 0 unspecified atom stereocenters. The highest BCUT2D eigenvalue weighted by Crippen LogP contribution is 2.20. The van der Waals surface area contributed by atoms with Crippen molar-refractivity contribution in [2.45, 2.75) is 19.4 Å². The number of rotatable bonds is 3. The van der Waals surface area contributed by atoms with Crippen LogP contribution in [0.25, 0.3) is 5.65 Å². The fourth-order valence-electron chi connectivity index (χ4n) is 2.69. The largest absolute Gasteiger partial charge is 0.481 e. The van der Waals surface area contributed by atoms with E-state index in [-0.39, 0.29) is 5.92 Å². The van der Waals surface area contributed by atoms with Crippen LogP contribution in [0.3, 0.4) is 0 Å². The highest BCUT2D eigenvalue weighted by Gasteiger charge is 2.24. The van der Waals surface area contributed by atoms with Crippen molar-refractivity contribution >= 4 is 23.2 Å². The van der Waals surface area contributed by atoms with Crippen molar-refractivity contribution in [1.29, 1.82) is 0 Å². The lowest BCUT2D eigenvalue weighted by Gasteiger charge is -2.29. The molecule has 0 bridgehead atoms. The minimum absolute atomic E-state index is 0.188. The Morgan fingerprint density at radius 2 is 2.20 bits per heavy atom. The van der Waals surface area contributed by atoms with Crippen LogP contribution in [0.4, 0.5) is 0 Å². The Balaban J connectivity index is 1.70. The number of hydrogen-bond acceptors (Lipinski definition) is 3. The molecule has 3 rings (SSSR count). The zero-order chi connectivity index (χ0) is 14.1. The monoisotopic (exact) mass is 293 g/mol. The van der Waals surface area contributed by atoms with Crippen LogP contribution in [0.2, 0.25) is 5.02 Å². The summed E-state index contributed by atoms with van der Waals surface area (Å²) in [5.74, 6) is -0.860. The molecule has 1 aliphatic rings. The van der Waals surface area contributed by atoms with Gasteiger partial charge in [0.1, 0.15) is 5.65 Å². The maximum absolute atomic E-state index is 10.9. The summed E-state index contributed by atoms with van der Waals surface area (Å²) < 4.78 is 2.02. The van der Waals surface area contributed by atoms with Gasteiger partial charge in [-0.25, -0.2) is 4.98 Å². The fraction of sp³-hybridized carbons (Fsp3) is 0.429. The first kappa shape index (κ1) is 13.4. The molecule has 106 valence electrons. The van der Waals surface area contributed by atoms with Crippen LogP contribution in [0.15, 0.2) is 24.5 Å². The number of imidazole rings is 1. The van der Waals surface area contributed by atoms with E-state index in [1.807, 2.05) is 28.9 Å². The Kier molecular flexibility index (Phi) is 3.63. The Hall–Kier alpha value is -1.59. The van der Waals surface area contributed by atoms with Crippen molar-refractivity contribution in [2.24, 2.45) is 5.92 Å². The van der Waals surface area contributed by atoms with Crippen molar-refractivity contribution in [2.75, 3.05) is 13.1 Å². The summed E-state index contributed by atoms with van der Waals surface area (Å²) in [7, 11) is 0. The van der Waals surface area contributed by atoms with Gasteiger partial charge >= 0.3 is 5.97 Å². The molecular formula is C14H16ClN3O2. The molecule has 1 aliphatic heterocycles. The quantitative estimate of drug-likeness (QED) is 0.943. The Morgan fingerprint density at radius 1 is 1.45 bits per heavy atom. The predicted octanol–water partition coefficient (Wildman–Crippen LogP) is 2.28. The summed E-state index contributed by atoms with van der Waals surface area (Å²) in [6.45, 7) is 2.42. The van der Waals surface area contributed by atoms with E-state index in [0.29, 0.717) is 5.02 Å². The molecule has 1 N–H and O–H groups in total. The van der Waals surface area contributed by atoms with Crippen LogP contribution in [-0.2, 0) is 11.3 Å². The smallest absolute Gasteiger partial charge is 0.306 e. The number of pyridine rings is 1. The first-order valence-electron chi connectivity index (χ1n) is 6.70. The van der Waals surface area contributed by atoms with Crippen molar-refractivity contribution in [1.82, 2.24) is 14.3 Å². The van der Waals surface area contributed by atoms with Gasteiger partial charge in [-0.15, -0.1) is 0 Å². The maximum atomic E-state index is 10.9. The van der Waals surface area contributed by atoms with Crippen LogP contribution < -0.4 is 0 Å². The summed E-state index contributed by atoms with van der Waals surface area (Å²) in [6.07, 6.45) is 5.22. The first-order valence-corrected chi connectivity index (χ1v) is 7.08. The SMILES string of the molecule is O=C(O)C1CCN(Cc2cnc3cc(Cl)ccn23)CC1. The number of fused-ring (bicyclic) bond motifs is 1. The van der Waals surface area contributed by atoms with Gasteiger partial charge in [0.05, 0.1) is 17.8 Å². The Morgan fingerprint density at radius 3 is 2.90 bits per heavy atom. The van der Waals surface area contributed by atoms with Gasteiger partial charge in [-0.05, 0) is 38.1 Å².